The van der Waals surface area contributed by atoms with Gasteiger partial charge in [-0.1, -0.05) is 363 Å². The monoisotopic (exact) mass is 1450 g/mol. The topological polar surface area (TPSA) is 237 Å². The van der Waals surface area contributed by atoms with Crippen LogP contribution in [0.4, 0.5) is 0 Å². The third kappa shape index (κ3) is 74.1. The number of ether oxygens (including phenoxy) is 4. The van der Waals surface area contributed by atoms with Gasteiger partial charge in [0.15, 0.2) is 12.2 Å². The average molecular weight is 1450 g/mol. The van der Waals surface area contributed by atoms with Crippen LogP contribution in [0.3, 0.4) is 0 Å². The van der Waals surface area contributed by atoms with Crippen molar-refractivity contribution >= 4 is 39.5 Å². The quantitative estimate of drug-likeness (QED) is 0.0222. The molecule has 3 N–H and O–H groups in total. The zero-order valence-corrected chi connectivity index (χ0v) is 66.8. The number of carbonyl (C=O) groups is 4. The highest BCUT2D eigenvalue weighted by Gasteiger charge is 2.30. The molecular weight excluding hydrogens is 1290 g/mol. The van der Waals surface area contributed by atoms with Crippen molar-refractivity contribution < 1.29 is 80.2 Å². The van der Waals surface area contributed by atoms with Crippen LogP contribution >= 0.6 is 15.6 Å². The van der Waals surface area contributed by atoms with Gasteiger partial charge in [-0.05, 0) is 43.4 Å². The number of esters is 4. The Bertz CT molecular complexity index is 1920. The highest BCUT2D eigenvalue weighted by atomic mass is 31.2. The van der Waals surface area contributed by atoms with Gasteiger partial charge in [0, 0.05) is 25.7 Å². The minimum absolute atomic E-state index is 0.107. The summed E-state index contributed by atoms with van der Waals surface area (Å²) in [5, 5.41) is 10.6. The number of phosphoric ester groups is 2. The van der Waals surface area contributed by atoms with Crippen LogP contribution in [-0.4, -0.2) is 96.7 Å². The third-order valence-corrected chi connectivity index (χ3v) is 20.5. The Morgan fingerprint density at radius 3 is 0.687 bits per heavy atom. The molecule has 2 unspecified atom stereocenters. The molecule has 0 aliphatic heterocycles. The van der Waals surface area contributed by atoms with Gasteiger partial charge >= 0.3 is 39.5 Å². The maximum atomic E-state index is 13.1. The molecule has 0 spiro atoms. The van der Waals surface area contributed by atoms with Gasteiger partial charge in [-0.25, -0.2) is 9.13 Å². The van der Waals surface area contributed by atoms with Crippen LogP contribution in [-0.2, 0) is 65.4 Å². The zero-order valence-electron chi connectivity index (χ0n) is 65.0. The predicted molar refractivity (Wildman–Crippen MR) is 405 cm³/mol. The Morgan fingerprint density at radius 2 is 0.465 bits per heavy atom. The van der Waals surface area contributed by atoms with E-state index in [0.29, 0.717) is 25.7 Å². The largest absolute Gasteiger partial charge is 0.472 e. The highest BCUT2D eigenvalue weighted by molar-refractivity contribution is 7.47. The summed E-state index contributed by atoms with van der Waals surface area (Å²) in [5.41, 5.74) is 0. The van der Waals surface area contributed by atoms with E-state index in [2.05, 4.69) is 48.5 Å². The minimum Gasteiger partial charge on any atom is -0.462 e. The first-order valence-corrected chi connectivity index (χ1v) is 44.3. The number of aliphatic hydroxyl groups excluding tert-OH is 1. The number of unbranched alkanes of at least 4 members (excludes halogenated alkanes) is 46. The first kappa shape index (κ1) is 97.1. The maximum Gasteiger partial charge on any atom is 0.472 e. The second-order valence-electron chi connectivity index (χ2n) is 30.2. The fourth-order valence-corrected chi connectivity index (χ4v) is 13.9. The third-order valence-electron chi connectivity index (χ3n) is 18.6. The number of carbonyl (C=O) groups excluding carboxylic acids is 4. The van der Waals surface area contributed by atoms with Crippen molar-refractivity contribution in [3.05, 3.63) is 0 Å². The highest BCUT2D eigenvalue weighted by Crippen LogP contribution is 2.45. The van der Waals surface area contributed by atoms with E-state index in [1.807, 2.05) is 0 Å². The van der Waals surface area contributed by atoms with Crippen molar-refractivity contribution in [2.45, 2.75) is 433 Å². The lowest BCUT2D eigenvalue weighted by Crippen LogP contribution is -2.30. The van der Waals surface area contributed by atoms with Crippen LogP contribution < -0.4 is 0 Å². The molecule has 99 heavy (non-hydrogen) atoms. The molecule has 0 bridgehead atoms. The summed E-state index contributed by atoms with van der Waals surface area (Å²) in [6.07, 6.45) is 58.2. The van der Waals surface area contributed by atoms with Gasteiger partial charge in [-0.2, -0.15) is 0 Å². The van der Waals surface area contributed by atoms with E-state index in [1.165, 1.54) is 225 Å². The summed E-state index contributed by atoms with van der Waals surface area (Å²) in [7, 11) is -9.92. The Hall–Kier alpha value is -1.94. The van der Waals surface area contributed by atoms with Crippen molar-refractivity contribution in [1.82, 2.24) is 0 Å². The normalized spacial score (nSPS) is 14.0. The lowest BCUT2D eigenvalue weighted by atomic mass is 10.0. The summed E-state index contributed by atoms with van der Waals surface area (Å²) in [5.74, 6) is 0.214. The first-order valence-electron chi connectivity index (χ1n) is 41.3. The van der Waals surface area contributed by atoms with Crippen molar-refractivity contribution in [2.75, 3.05) is 39.6 Å². The van der Waals surface area contributed by atoms with E-state index in [1.54, 1.807) is 0 Å². The molecule has 0 aromatic heterocycles. The van der Waals surface area contributed by atoms with E-state index in [9.17, 15) is 43.2 Å². The molecular formula is C80H156O17P2. The smallest absolute Gasteiger partial charge is 0.462 e. The van der Waals surface area contributed by atoms with Crippen LogP contribution in [0.25, 0.3) is 0 Å². The Morgan fingerprint density at radius 1 is 0.273 bits per heavy atom. The molecule has 0 rings (SSSR count). The molecule has 17 nitrogen and oxygen atoms in total. The summed E-state index contributed by atoms with van der Waals surface area (Å²) < 4.78 is 68.7. The second-order valence-corrected chi connectivity index (χ2v) is 33.1. The molecule has 19 heteroatoms. The maximum absolute atomic E-state index is 13.1. The lowest BCUT2D eigenvalue weighted by Gasteiger charge is -2.21. The van der Waals surface area contributed by atoms with Crippen molar-refractivity contribution in [3.63, 3.8) is 0 Å². The molecule has 0 amide bonds. The van der Waals surface area contributed by atoms with Gasteiger partial charge in [-0.15, -0.1) is 0 Å². The summed E-state index contributed by atoms with van der Waals surface area (Å²) in [6.45, 7) is 12.0. The van der Waals surface area contributed by atoms with E-state index in [0.717, 1.165) is 108 Å². The number of aliphatic hydroxyl groups is 1. The molecule has 588 valence electrons. The molecule has 0 heterocycles. The van der Waals surface area contributed by atoms with Crippen molar-refractivity contribution in [3.8, 4) is 0 Å². The van der Waals surface area contributed by atoms with Gasteiger partial charge in [0.25, 0.3) is 0 Å². The zero-order chi connectivity index (χ0) is 73.0. The predicted octanol–water partition coefficient (Wildman–Crippen LogP) is 23.7. The average Bonchev–Trinajstić information content (AvgIpc) is 1.43. The second kappa shape index (κ2) is 70.4. The van der Waals surface area contributed by atoms with Gasteiger partial charge < -0.3 is 33.8 Å². The van der Waals surface area contributed by atoms with Gasteiger partial charge in [-0.3, -0.25) is 37.3 Å². The molecule has 0 fully saturated rings. The molecule has 5 atom stereocenters. The van der Waals surface area contributed by atoms with E-state index < -0.39 is 97.5 Å². The van der Waals surface area contributed by atoms with Crippen LogP contribution in [0.1, 0.15) is 414 Å². The standard InChI is InChI=1S/C80H156O17P2/c1-8-9-10-11-12-13-14-15-21-26-34-42-49-56-63-79(84)97-76(68-91-78(83)62-55-48-41-36-29-32-39-46-53-60-73(6)7)70-95-99(88,89)93-66-74(81)65-92-98(86,87)94-69-75(67-90-77(82)61-54-47-40-33-28-23-25-31-38-45-52-59-72(4)5)96-80(85)64-57-50-43-35-27-22-19-17-16-18-20-24-30-37-44-51-58-71(2)3/h71-76,81H,8-70H2,1-7H3,(H,86,87)(H,88,89)/t74-,75-,76-/m1/s1. The molecule has 0 aliphatic rings. The molecule has 0 aromatic rings. The Kier molecular flexibility index (Phi) is 69.0. The SMILES string of the molecule is CCCCCCCCCCCCCCCCC(=O)O[C@H](COC(=O)CCCCCCCCCCCC(C)C)COP(=O)(O)OC[C@H](O)COP(=O)(O)OC[C@@H](COC(=O)CCCCCCCCCCCCCC(C)C)OC(=O)CCCCCCCCCCCCCCCCCCC(C)C. The van der Waals surface area contributed by atoms with E-state index in [-0.39, 0.29) is 25.7 Å². The lowest BCUT2D eigenvalue weighted by molar-refractivity contribution is -0.161. The van der Waals surface area contributed by atoms with Crippen molar-refractivity contribution in [1.29, 1.82) is 0 Å². The fourth-order valence-electron chi connectivity index (χ4n) is 12.3. The van der Waals surface area contributed by atoms with Crippen LogP contribution in [0.15, 0.2) is 0 Å². The van der Waals surface area contributed by atoms with Crippen LogP contribution in [0.5, 0.6) is 0 Å². The number of hydrogen-bond acceptors (Lipinski definition) is 15. The van der Waals surface area contributed by atoms with E-state index in [4.69, 9.17) is 37.0 Å². The molecule has 0 saturated carbocycles. The number of phosphoric acid groups is 2. The van der Waals surface area contributed by atoms with E-state index >= 15 is 0 Å². The summed E-state index contributed by atoms with van der Waals surface area (Å²) in [6, 6.07) is 0. The number of hydrogen-bond donors (Lipinski definition) is 3. The van der Waals surface area contributed by atoms with Crippen LogP contribution in [0.2, 0.25) is 0 Å². The summed E-state index contributed by atoms with van der Waals surface area (Å²) >= 11 is 0. The number of rotatable bonds is 78. The minimum atomic E-state index is -4.96. The van der Waals surface area contributed by atoms with Crippen molar-refractivity contribution in [2.24, 2.45) is 17.8 Å². The van der Waals surface area contributed by atoms with Crippen LogP contribution in [0, 0.1) is 17.8 Å². The van der Waals surface area contributed by atoms with Gasteiger partial charge in [0.05, 0.1) is 26.4 Å². The summed E-state index contributed by atoms with van der Waals surface area (Å²) in [4.78, 5) is 73.0. The molecule has 0 aliphatic carbocycles. The first-order chi connectivity index (χ1) is 47.7. The van der Waals surface area contributed by atoms with Gasteiger partial charge in [0.1, 0.15) is 19.3 Å². The molecule has 0 radical (unpaired) electrons. The van der Waals surface area contributed by atoms with Gasteiger partial charge in [0.2, 0.25) is 0 Å². The Labute approximate surface area is 607 Å². The molecule has 0 saturated heterocycles. The molecule has 0 aromatic carbocycles. The Balaban J connectivity index is 5.26. The fraction of sp³-hybridized carbons (Fsp3) is 0.950.